The third kappa shape index (κ3) is 5.04. The predicted octanol–water partition coefficient (Wildman–Crippen LogP) is 2.78. The van der Waals surface area contributed by atoms with Crippen molar-refractivity contribution >= 4 is 17.6 Å². The summed E-state index contributed by atoms with van der Waals surface area (Å²) in [5.41, 5.74) is 2.87. The number of nitrogens with zero attached hydrogens (tertiary/aromatic N) is 5. The number of amides is 1. The quantitative estimate of drug-likeness (QED) is 0.634. The Morgan fingerprint density at radius 2 is 1.87 bits per heavy atom. The molecule has 8 nitrogen and oxygen atoms in total. The highest BCUT2D eigenvalue weighted by Crippen LogP contribution is 2.34. The van der Waals surface area contributed by atoms with Crippen LogP contribution in [-0.2, 0) is 0 Å². The summed E-state index contributed by atoms with van der Waals surface area (Å²) in [7, 11) is 2.12. The van der Waals surface area contributed by atoms with Crippen LogP contribution in [0.2, 0.25) is 5.02 Å². The van der Waals surface area contributed by atoms with Crippen LogP contribution in [-0.4, -0.2) is 82.0 Å². The second-order valence-corrected chi connectivity index (χ2v) is 8.02. The van der Waals surface area contributed by atoms with Gasteiger partial charge in [0, 0.05) is 69.0 Å². The smallest absolute Gasteiger partial charge is 0.342 e. The number of phenols is 1. The van der Waals surface area contributed by atoms with Crippen LogP contribution in [0.25, 0.3) is 22.4 Å². The fourth-order valence-corrected chi connectivity index (χ4v) is 3.68. The van der Waals surface area contributed by atoms with Gasteiger partial charge in [-0.05, 0) is 36.9 Å². The number of rotatable bonds is 5. The van der Waals surface area contributed by atoms with Gasteiger partial charge in [0.05, 0.1) is 5.02 Å². The number of hydrogen-bond acceptors (Lipinski definition) is 6. The third-order valence-corrected chi connectivity index (χ3v) is 5.75. The molecule has 31 heavy (non-hydrogen) atoms. The topological polar surface area (TPSA) is 86.5 Å². The highest BCUT2D eigenvalue weighted by molar-refractivity contribution is 6.32. The Bertz CT molecular complexity index is 1050. The average Bonchev–Trinajstić information content (AvgIpc) is 3.23. The van der Waals surface area contributed by atoms with Crippen LogP contribution in [0.4, 0.5) is 4.79 Å². The molecule has 0 radical (unpaired) electrons. The number of nitrogens with one attached hydrogen (secondary N) is 1. The van der Waals surface area contributed by atoms with Gasteiger partial charge in [-0.25, -0.2) is 4.79 Å². The van der Waals surface area contributed by atoms with Gasteiger partial charge in [-0.3, -0.25) is 9.88 Å². The SMILES string of the molecule is CN1CCN(CCNC(=O)n2cc(-c3ccncc3)c(-c3ccc(Cl)c(O)c3)n2)CC1. The van der Waals surface area contributed by atoms with Gasteiger partial charge >= 0.3 is 6.03 Å². The summed E-state index contributed by atoms with van der Waals surface area (Å²) in [5, 5.41) is 17.7. The first-order valence-corrected chi connectivity index (χ1v) is 10.6. The van der Waals surface area contributed by atoms with Gasteiger partial charge in [0.1, 0.15) is 11.4 Å². The zero-order valence-corrected chi connectivity index (χ0v) is 18.1. The van der Waals surface area contributed by atoms with E-state index in [-0.39, 0.29) is 16.8 Å². The Balaban J connectivity index is 1.53. The molecule has 0 atom stereocenters. The number of hydrogen-bond donors (Lipinski definition) is 2. The van der Waals surface area contributed by atoms with Gasteiger partial charge in [0.2, 0.25) is 0 Å². The van der Waals surface area contributed by atoms with Crippen LogP contribution in [0.15, 0.2) is 48.9 Å². The molecule has 1 saturated heterocycles. The number of aromatic nitrogens is 3. The van der Waals surface area contributed by atoms with E-state index < -0.39 is 0 Å². The Hall–Kier alpha value is -2.94. The summed E-state index contributed by atoms with van der Waals surface area (Å²) in [4.78, 5) is 21.5. The van der Waals surface area contributed by atoms with Crippen LogP contribution in [0.5, 0.6) is 5.75 Å². The molecular weight excluding hydrogens is 416 g/mol. The molecule has 3 aromatic rings. The predicted molar refractivity (Wildman–Crippen MR) is 120 cm³/mol. The number of pyridine rings is 1. The summed E-state index contributed by atoms with van der Waals surface area (Å²) in [6.45, 7) is 5.44. The Labute approximate surface area is 186 Å². The number of piperazine rings is 1. The molecule has 2 N–H and O–H groups in total. The maximum Gasteiger partial charge on any atom is 0.342 e. The number of carbonyl (C=O) groups is 1. The Kier molecular flexibility index (Phi) is 6.50. The Morgan fingerprint density at radius 3 is 2.58 bits per heavy atom. The molecule has 1 aliphatic rings. The number of carbonyl (C=O) groups excluding carboxylic acids is 1. The second-order valence-electron chi connectivity index (χ2n) is 7.61. The van der Waals surface area contributed by atoms with Gasteiger partial charge in [0.15, 0.2) is 0 Å². The van der Waals surface area contributed by atoms with Crippen LogP contribution in [0.3, 0.4) is 0 Å². The lowest BCUT2D eigenvalue weighted by molar-refractivity contribution is 0.155. The van der Waals surface area contributed by atoms with Gasteiger partial charge in [-0.1, -0.05) is 17.7 Å². The summed E-state index contributed by atoms with van der Waals surface area (Å²) in [5.74, 6) is -0.0361. The van der Waals surface area contributed by atoms with Crippen molar-refractivity contribution in [2.24, 2.45) is 0 Å². The van der Waals surface area contributed by atoms with E-state index >= 15 is 0 Å². The molecule has 9 heteroatoms. The van der Waals surface area contributed by atoms with Crippen molar-refractivity contribution < 1.29 is 9.90 Å². The van der Waals surface area contributed by atoms with Crippen LogP contribution in [0.1, 0.15) is 0 Å². The number of phenolic OH excluding ortho intramolecular Hbond substituents is 1. The molecule has 3 heterocycles. The highest BCUT2D eigenvalue weighted by Gasteiger charge is 2.18. The molecule has 1 amide bonds. The van der Waals surface area contributed by atoms with Crippen molar-refractivity contribution in [1.29, 1.82) is 0 Å². The van der Waals surface area contributed by atoms with E-state index in [4.69, 9.17) is 11.6 Å². The van der Waals surface area contributed by atoms with Gasteiger partial charge < -0.3 is 15.3 Å². The first-order chi connectivity index (χ1) is 15.0. The Morgan fingerprint density at radius 1 is 1.13 bits per heavy atom. The first kappa shape index (κ1) is 21.3. The van der Waals surface area contributed by atoms with Crippen molar-refractivity contribution in [2.45, 2.75) is 0 Å². The van der Waals surface area contributed by atoms with Gasteiger partial charge in [-0.2, -0.15) is 9.78 Å². The lowest BCUT2D eigenvalue weighted by atomic mass is 10.0. The molecule has 0 unspecified atom stereocenters. The van der Waals surface area contributed by atoms with E-state index in [0.717, 1.165) is 43.9 Å². The highest BCUT2D eigenvalue weighted by atomic mass is 35.5. The molecule has 0 spiro atoms. The molecule has 0 aliphatic carbocycles. The minimum absolute atomic E-state index is 0.0361. The normalized spacial score (nSPS) is 15.2. The zero-order chi connectivity index (χ0) is 21.8. The lowest BCUT2D eigenvalue weighted by Gasteiger charge is -2.32. The molecule has 162 valence electrons. The number of benzene rings is 1. The zero-order valence-electron chi connectivity index (χ0n) is 17.3. The van der Waals surface area contributed by atoms with E-state index in [1.807, 2.05) is 12.1 Å². The first-order valence-electron chi connectivity index (χ1n) is 10.2. The molecule has 0 bridgehead atoms. The standard InChI is InChI=1S/C22H25ClN6O2/c1-27-10-12-28(13-11-27)9-8-25-22(31)29-15-18(16-4-6-24-7-5-16)21(26-29)17-2-3-19(23)20(30)14-17/h2-7,14-15,30H,8-13H2,1H3,(H,25,31). The van der Waals surface area contributed by atoms with E-state index in [1.165, 1.54) is 4.68 Å². The molecule has 2 aromatic heterocycles. The lowest BCUT2D eigenvalue weighted by Crippen LogP contribution is -2.47. The molecule has 0 saturated carbocycles. The molecule has 4 rings (SSSR count). The maximum absolute atomic E-state index is 12.8. The molecular formula is C22H25ClN6O2. The van der Waals surface area contributed by atoms with E-state index in [1.54, 1.807) is 36.8 Å². The number of halogens is 1. The number of likely N-dealkylation sites (N-methyl/N-ethyl adjacent to an activating group) is 1. The van der Waals surface area contributed by atoms with Gasteiger partial charge in [-0.15, -0.1) is 0 Å². The van der Waals surface area contributed by atoms with Crippen LogP contribution in [0, 0.1) is 0 Å². The largest absolute Gasteiger partial charge is 0.506 e. The fourth-order valence-electron chi connectivity index (χ4n) is 3.57. The maximum atomic E-state index is 12.8. The molecule has 1 aromatic carbocycles. The monoisotopic (exact) mass is 440 g/mol. The minimum atomic E-state index is -0.297. The van der Waals surface area contributed by atoms with Crippen molar-refractivity contribution in [3.63, 3.8) is 0 Å². The van der Waals surface area contributed by atoms with E-state index in [2.05, 4.69) is 32.2 Å². The summed E-state index contributed by atoms with van der Waals surface area (Å²) in [6.07, 6.45) is 5.07. The van der Waals surface area contributed by atoms with E-state index in [9.17, 15) is 9.90 Å². The summed E-state index contributed by atoms with van der Waals surface area (Å²) < 4.78 is 1.31. The summed E-state index contributed by atoms with van der Waals surface area (Å²) in [6, 6.07) is 8.33. The fraction of sp³-hybridized carbons (Fsp3) is 0.318. The van der Waals surface area contributed by atoms with Crippen LogP contribution < -0.4 is 5.32 Å². The second kappa shape index (κ2) is 9.47. The summed E-state index contributed by atoms with van der Waals surface area (Å²) >= 11 is 5.96. The minimum Gasteiger partial charge on any atom is -0.506 e. The van der Waals surface area contributed by atoms with Crippen LogP contribution >= 0.6 is 11.6 Å². The van der Waals surface area contributed by atoms with Gasteiger partial charge in [0.25, 0.3) is 0 Å². The average molecular weight is 441 g/mol. The third-order valence-electron chi connectivity index (χ3n) is 5.43. The number of aromatic hydroxyl groups is 1. The van der Waals surface area contributed by atoms with Crippen molar-refractivity contribution in [2.75, 3.05) is 46.3 Å². The van der Waals surface area contributed by atoms with Crippen molar-refractivity contribution in [1.82, 2.24) is 29.9 Å². The van der Waals surface area contributed by atoms with Crippen molar-refractivity contribution in [3.05, 3.63) is 53.9 Å². The molecule has 1 aliphatic heterocycles. The molecule has 1 fully saturated rings. The van der Waals surface area contributed by atoms with E-state index in [0.29, 0.717) is 17.8 Å². The van der Waals surface area contributed by atoms with Crippen molar-refractivity contribution in [3.8, 4) is 28.1 Å².